The number of thiophene rings is 1. The van der Waals surface area contributed by atoms with E-state index in [2.05, 4.69) is 31.9 Å². The van der Waals surface area contributed by atoms with Gasteiger partial charge in [0.2, 0.25) is 0 Å². The van der Waals surface area contributed by atoms with Gasteiger partial charge in [0.05, 0.1) is 7.57 Å². The van der Waals surface area contributed by atoms with Gasteiger partial charge in [-0.3, -0.25) is 9.59 Å². The molecular weight excluding hydrogens is 356 g/mol. The van der Waals surface area contributed by atoms with Gasteiger partial charge in [-0.15, -0.1) is 11.3 Å². The van der Waals surface area contributed by atoms with E-state index < -0.39 is 0 Å². The van der Waals surface area contributed by atoms with Gasteiger partial charge < -0.3 is 0 Å². The summed E-state index contributed by atoms with van der Waals surface area (Å²) in [6.45, 7) is 1.82. The summed E-state index contributed by atoms with van der Waals surface area (Å²) >= 11 is 8.33. The van der Waals surface area contributed by atoms with E-state index in [1.807, 2.05) is 13.0 Å². The Kier molecular flexibility index (Phi) is 5.86. The molecule has 0 aliphatic carbocycles. The predicted molar refractivity (Wildman–Crippen MR) is 73.0 cm³/mol. The Hall–Kier alpha value is -0.000000000000000111. The Morgan fingerprint density at radius 3 is 2.38 bits per heavy atom. The Balaban J connectivity index is 2.46. The third-order valence-electron chi connectivity index (χ3n) is 2.19. The van der Waals surface area contributed by atoms with Crippen molar-refractivity contribution in [2.45, 2.75) is 32.6 Å². The monoisotopic (exact) mass is 366 g/mol. The molecule has 0 bridgehead atoms. The van der Waals surface area contributed by atoms with Gasteiger partial charge in [-0.05, 0) is 43.5 Å². The first-order valence-corrected chi connectivity index (χ1v) is 7.40. The summed E-state index contributed by atoms with van der Waals surface area (Å²) in [4.78, 5) is 22.7. The van der Waals surface area contributed by atoms with Crippen LogP contribution >= 0.6 is 43.2 Å². The van der Waals surface area contributed by atoms with Gasteiger partial charge in [0.15, 0.2) is 0 Å². The molecule has 1 rings (SSSR count). The minimum Gasteiger partial charge on any atom is -0.300 e. The number of rotatable bonds is 6. The first-order valence-electron chi connectivity index (χ1n) is 5.00. The normalized spacial score (nSPS) is 10.4. The zero-order valence-electron chi connectivity index (χ0n) is 8.89. The molecule has 2 nitrogen and oxygen atoms in total. The van der Waals surface area contributed by atoms with Gasteiger partial charge in [-0.1, -0.05) is 6.92 Å². The third-order valence-corrected chi connectivity index (χ3v) is 4.66. The van der Waals surface area contributed by atoms with Crippen molar-refractivity contribution in [3.05, 3.63) is 19.2 Å². The fourth-order valence-electron chi connectivity index (χ4n) is 1.25. The molecule has 0 aliphatic rings. The highest BCUT2D eigenvalue weighted by Crippen LogP contribution is 2.32. The van der Waals surface area contributed by atoms with Crippen LogP contribution in [0, 0.1) is 0 Å². The molecule has 16 heavy (non-hydrogen) atoms. The lowest BCUT2D eigenvalue weighted by molar-refractivity contribution is -0.123. The molecule has 1 aromatic rings. The van der Waals surface area contributed by atoms with E-state index in [-0.39, 0.29) is 11.6 Å². The van der Waals surface area contributed by atoms with Crippen LogP contribution in [0.5, 0.6) is 0 Å². The van der Waals surface area contributed by atoms with Crippen molar-refractivity contribution in [2.24, 2.45) is 0 Å². The molecule has 88 valence electrons. The molecule has 5 heteroatoms. The van der Waals surface area contributed by atoms with E-state index in [4.69, 9.17) is 0 Å². The van der Waals surface area contributed by atoms with E-state index >= 15 is 0 Å². The van der Waals surface area contributed by atoms with Crippen LogP contribution in [-0.2, 0) is 16.0 Å². The van der Waals surface area contributed by atoms with Crippen molar-refractivity contribution in [3.63, 3.8) is 0 Å². The second kappa shape index (κ2) is 6.67. The number of Topliss-reactive ketones (excluding diaryl/α,β-unsaturated/α-hetero) is 2. The Bertz CT molecular complexity index is 399. The predicted octanol–water partition coefficient (Wildman–Crippen LogP) is 4.14. The maximum absolute atomic E-state index is 11.6. The van der Waals surface area contributed by atoms with E-state index in [0.29, 0.717) is 25.7 Å². The zero-order chi connectivity index (χ0) is 12.1. The number of halogens is 2. The topological polar surface area (TPSA) is 34.1 Å². The zero-order valence-corrected chi connectivity index (χ0v) is 12.9. The molecular formula is C11H12Br2O2S. The summed E-state index contributed by atoms with van der Waals surface area (Å²) < 4.78 is 1.99. The number of hydrogen-bond acceptors (Lipinski definition) is 3. The van der Waals surface area contributed by atoms with Crippen LogP contribution in [0.4, 0.5) is 0 Å². The van der Waals surface area contributed by atoms with E-state index in [9.17, 15) is 9.59 Å². The molecule has 0 saturated heterocycles. The molecule has 0 aliphatic heterocycles. The van der Waals surface area contributed by atoms with Crippen LogP contribution in [0.15, 0.2) is 13.6 Å². The first kappa shape index (κ1) is 14.1. The number of hydrogen-bond donors (Lipinski definition) is 0. The van der Waals surface area contributed by atoms with E-state index in [0.717, 1.165) is 13.1 Å². The largest absolute Gasteiger partial charge is 0.300 e. The standard InChI is InChI=1S/C11H12Br2O2S/c1-2-8(14)3-4-9(15)5-7-6-10(12)16-11(7)13/h6H,2-5H2,1H3. The van der Waals surface area contributed by atoms with Gasteiger partial charge in [-0.25, -0.2) is 0 Å². The molecule has 0 amide bonds. The van der Waals surface area contributed by atoms with Crippen LogP contribution in [0.2, 0.25) is 0 Å². The van der Waals surface area contributed by atoms with Gasteiger partial charge in [-0.2, -0.15) is 0 Å². The molecule has 0 saturated carbocycles. The second-order valence-corrected chi connectivity index (χ2v) is 7.21. The molecule has 0 radical (unpaired) electrons. The lowest BCUT2D eigenvalue weighted by atomic mass is 10.1. The van der Waals surface area contributed by atoms with Gasteiger partial charge in [0.1, 0.15) is 11.6 Å². The summed E-state index contributed by atoms with van der Waals surface area (Å²) in [6.07, 6.45) is 1.64. The number of carbonyl (C=O) groups excluding carboxylic acids is 2. The Labute approximate surface area is 116 Å². The van der Waals surface area contributed by atoms with Crippen LogP contribution in [0.1, 0.15) is 31.7 Å². The average Bonchev–Trinajstić information content (AvgIpc) is 2.54. The molecule has 1 aromatic heterocycles. The molecule has 0 N–H and O–H groups in total. The maximum atomic E-state index is 11.6. The molecule has 0 unspecified atom stereocenters. The SMILES string of the molecule is CCC(=O)CCC(=O)Cc1cc(Br)sc1Br. The molecule has 0 fully saturated rings. The van der Waals surface area contributed by atoms with Crippen LogP contribution < -0.4 is 0 Å². The fraction of sp³-hybridized carbons (Fsp3) is 0.455. The van der Waals surface area contributed by atoms with Crippen molar-refractivity contribution in [3.8, 4) is 0 Å². The lowest BCUT2D eigenvalue weighted by Crippen LogP contribution is -2.05. The molecule has 0 spiro atoms. The minimum absolute atomic E-state index is 0.118. The molecule has 1 heterocycles. The van der Waals surface area contributed by atoms with Crippen LogP contribution in [0.25, 0.3) is 0 Å². The van der Waals surface area contributed by atoms with Crippen molar-refractivity contribution in [1.29, 1.82) is 0 Å². The minimum atomic E-state index is 0.118. The first-order chi connectivity index (χ1) is 7.52. The quantitative estimate of drug-likeness (QED) is 0.756. The number of carbonyl (C=O) groups is 2. The highest BCUT2D eigenvalue weighted by atomic mass is 79.9. The maximum Gasteiger partial charge on any atom is 0.137 e. The van der Waals surface area contributed by atoms with Crippen molar-refractivity contribution in [1.82, 2.24) is 0 Å². The average molecular weight is 368 g/mol. The van der Waals surface area contributed by atoms with E-state index in [1.54, 1.807) is 11.3 Å². The second-order valence-electron chi connectivity index (χ2n) is 3.46. The highest BCUT2D eigenvalue weighted by Gasteiger charge is 2.11. The van der Waals surface area contributed by atoms with Gasteiger partial charge in [0, 0.05) is 25.7 Å². The smallest absolute Gasteiger partial charge is 0.137 e. The summed E-state index contributed by atoms with van der Waals surface area (Å²) in [5, 5.41) is 0. The Morgan fingerprint density at radius 1 is 1.25 bits per heavy atom. The highest BCUT2D eigenvalue weighted by molar-refractivity contribution is 9.12. The summed E-state index contributed by atoms with van der Waals surface area (Å²) in [5.74, 6) is 0.270. The summed E-state index contributed by atoms with van der Waals surface area (Å²) in [6, 6.07) is 1.94. The fourth-order valence-corrected chi connectivity index (χ4v) is 4.08. The van der Waals surface area contributed by atoms with Crippen molar-refractivity contribution in [2.75, 3.05) is 0 Å². The van der Waals surface area contributed by atoms with Crippen LogP contribution in [-0.4, -0.2) is 11.6 Å². The Morgan fingerprint density at radius 2 is 1.88 bits per heavy atom. The summed E-state index contributed by atoms with van der Waals surface area (Å²) in [5.41, 5.74) is 0.992. The van der Waals surface area contributed by atoms with Gasteiger partial charge >= 0.3 is 0 Å². The number of ketones is 2. The summed E-state index contributed by atoms with van der Waals surface area (Å²) in [7, 11) is 0. The van der Waals surface area contributed by atoms with Crippen LogP contribution in [0.3, 0.4) is 0 Å². The molecule has 0 atom stereocenters. The lowest BCUT2D eigenvalue weighted by Gasteiger charge is -1.99. The van der Waals surface area contributed by atoms with E-state index in [1.165, 1.54) is 0 Å². The third kappa shape index (κ3) is 4.47. The van der Waals surface area contributed by atoms with Crippen molar-refractivity contribution >= 4 is 54.8 Å². The molecule has 0 aromatic carbocycles. The van der Waals surface area contributed by atoms with Gasteiger partial charge in [0.25, 0.3) is 0 Å². The van der Waals surface area contributed by atoms with Crippen molar-refractivity contribution < 1.29 is 9.59 Å².